The molecule has 0 bridgehead atoms. The first-order valence-corrected chi connectivity index (χ1v) is 7.25. The molecule has 0 aliphatic carbocycles. The van der Waals surface area contributed by atoms with Crippen molar-refractivity contribution >= 4 is 22.8 Å². The Hall–Kier alpha value is -3.10. The second-order valence-corrected chi connectivity index (χ2v) is 5.13. The van der Waals surface area contributed by atoms with Crippen molar-refractivity contribution in [1.82, 2.24) is 19.7 Å². The number of anilines is 1. The number of carbonyl (C=O) groups excluding carboxylic acids is 1. The summed E-state index contributed by atoms with van der Waals surface area (Å²) >= 11 is 0. The van der Waals surface area contributed by atoms with Crippen molar-refractivity contribution in [3.8, 4) is 0 Å². The summed E-state index contributed by atoms with van der Waals surface area (Å²) in [6, 6.07) is 1.66. The molecule has 0 aliphatic rings. The summed E-state index contributed by atoms with van der Waals surface area (Å²) in [4.78, 5) is 31.7. The molecule has 0 radical (unpaired) electrons. The second-order valence-electron chi connectivity index (χ2n) is 5.13. The molecule has 0 aromatic carbocycles. The molecule has 124 valence electrons. The van der Waals surface area contributed by atoms with Crippen molar-refractivity contribution < 1.29 is 13.6 Å². The third-order valence-electron chi connectivity index (χ3n) is 3.36. The summed E-state index contributed by atoms with van der Waals surface area (Å²) in [6.45, 7) is 3.29. The minimum atomic E-state index is -0.612. The lowest BCUT2D eigenvalue weighted by Crippen LogP contribution is -2.30. The van der Waals surface area contributed by atoms with E-state index in [9.17, 15) is 14.0 Å². The van der Waals surface area contributed by atoms with Crippen LogP contribution >= 0.6 is 0 Å². The lowest BCUT2D eigenvalue weighted by Gasteiger charge is -2.06. The zero-order valence-corrected chi connectivity index (χ0v) is 13.0. The van der Waals surface area contributed by atoms with Crippen LogP contribution in [0.15, 0.2) is 27.7 Å². The highest BCUT2D eigenvalue weighted by Crippen LogP contribution is 2.18. The number of hydrogen-bond acceptors (Lipinski definition) is 6. The summed E-state index contributed by atoms with van der Waals surface area (Å²) in [5, 5.41) is 6.85. The Morgan fingerprint density at radius 2 is 2.08 bits per heavy atom. The topological polar surface area (TPSA) is 103 Å². The molecule has 3 heterocycles. The van der Waals surface area contributed by atoms with E-state index < -0.39 is 17.3 Å². The number of furan rings is 1. The van der Waals surface area contributed by atoms with E-state index in [-0.39, 0.29) is 12.5 Å². The van der Waals surface area contributed by atoms with Crippen molar-refractivity contribution in [1.29, 1.82) is 0 Å². The van der Waals surface area contributed by atoms with Crippen LogP contribution in [0.4, 0.5) is 10.3 Å². The molecule has 3 aromatic heterocycles. The summed E-state index contributed by atoms with van der Waals surface area (Å²) in [5.41, 5.74) is 0.514. The molecule has 0 atom stereocenters. The van der Waals surface area contributed by atoms with Crippen LogP contribution in [0.2, 0.25) is 0 Å². The largest absolute Gasteiger partial charge is 0.459 e. The molecular formula is C15H14FN5O3. The first kappa shape index (κ1) is 15.8. The van der Waals surface area contributed by atoms with Gasteiger partial charge in [0.2, 0.25) is 11.9 Å². The standard InChI is InChI=1S/C15H14FN5O3/c1-3-10-4-11-13(24-10)8(2)20-21(14(11)23)7-12(22)19-15-17-5-9(16)6-18-15/h4-6H,3,7H2,1-2H3,(H,17,18,19,22). The number of halogens is 1. The van der Waals surface area contributed by atoms with Gasteiger partial charge in [0.15, 0.2) is 11.4 Å². The van der Waals surface area contributed by atoms with Crippen molar-refractivity contribution in [2.75, 3.05) is 5.32 Å². The highest BCUT2D eigenvalue weighted by Gasteiger charge is 2.15. The van der Waals surface area contributed by atoms with E-state index >= 15 is 0 Å². The van der Waals surface area contributed by atoms with Gasteiger partial charge in [0.1, 0.15) is 18.0 Å². The van der Waals surface area contributed by atoms with Crippen LogP contribution < -0.4 is 10.9 Å². The van der Waals surface area contributed by atoms with Gasteiger partial charge >= 0.3 is 0 Å². The molecular weight excluding hydrogens is 317 g/mol. The Morgan fingerprint density at radius 3 is 2.75 bits per heavy atom. The summed E-state index contributed by atoms with van der Waals surface area (Å²) in [6.07, 6.45) is 2.51. The molecule has 3 aromatic rings. The number of amides is 1. The summed E-state index contributed by atoms with van der Waals surface area (Å²) in [7, 11) is 0. The van der Waals surface area contributed by atoms with Crippen LogP contribution in [-0.2, 0) is 17.8 Å². The molecule has 1 amide bonds. The molecule has 9 heteroatoms. The highest BCUT2D eigenvalue weighted by atomic mass is 19.1. The quantitative estimate of drug-likeness (QED) is 0.776. The smallest absolute Gasteiger partial charge is 0.278 e. The molecule has 24 heavy (non-hydrogen) atoms. The normalized spacial score (nSPS) is 11.0. The second kappa shape index (κ2) is 6.19. The Balaban J connectivity index is 1.86. The van der Waals surface area contributed by atoms with E-state index in [2.05, 4.69) is 20.4 Å². The van der Waals surface area contributed by atoms with E-state index in [4.69, 9.17) is 4.42 Å². The van der Waals surface area contributed by atoms with E-state index in [1.807, 2.05) is 6.92 Å². The van der Waals surface area contributed by atoms with E-state index in [1.165, 1.54) is 0 Å². The Bertz CT molecular complexity index is 962. The monoisotopic (exact) mass is 331 g/mol. The van der Waals surface area contributed by atoms with Gasteiger partial charge in [-0.05, 0) is 13.0 Å². The molecule has 0 unspecified atom stereocenters. The first-order valence-electron chi connectivity index (χ1n) is 7.25. The highest BCUT2D eigenvalue weighted by molar-refractivity contribution is 5.89. The summed E-state index contributed by atoms with van der Waals surface area (Å²) < 4.78 is 19.4. The third kappa shape index (κ3) is 3.00. The zero-order valence-electron chi connectivity index (χ0n) is 13.0. The van der Waals surface area contributed by atoms with Gasteiger partial charge < -0.3 is 4.42 Å². The van der Waals surface area contributed by atoms with Gasteiger partial charge in [-0.3, -0.25) is 14.9 Å². The average Bonchev–Trinajstić information content (AvgIpc) is 3.00. The van der Waals surface area contributed by atoms with Crippen LogP contribution in [-0.4, -0.2) is 25.7 Å². The molecule has 0 aliphatic heterocycles. The fourth-order valence-electron chi connectivity index (χ4n) is 2.24. The van der Waals surface area contributed by atoms with Crippen LogP contribution in [0.3, 0.4) is 0 Å². The molecule has 3 rings (SSSR count). The third-order valence-corrected chi connectivity index (χ3v) is 3.36. The number of fused-ring (bicyclic) bond motifs is 1. The van der Waals surface area contributed by atoms with E-state index in [0.717, 1.165) is 17.1 Å². The van der Waals surface area contributed by atoms with Gasteiger partial charge in [0.25, 0.3) is 5.56 Å². The van der Waals surface area contributed by atoms with Crippen molar-refractivity contribution in [3.05, 3.63) is 46.1 Å². The predicted molar refractivity (Wildman–Crippen MR) is 83.0 cm³/mol. The molecule has 0 saturated heterocycles. The van der Waals surface area contributed by atoms with Crippen molar-refractivity contribution in [3.63, 3.8) is 0 Å². The van der Waals surface area contributed by atoms with Gasteiger partial charge in [0, 0.05) is 6.42 Å². The van der Waals surface area contributed by atoms with Gasteiger partial charge in [-0.25, -0.2) is 19.0 Å². The maximum absolute atomic E-state index is 12.7. The van der Waals surface area contributed by atoms with E-state index in [0.29, 0.717) is 28.8 Å². The number of carbonyl (C=O) groups is 1. The Labute approximate surface area is 135 Å². The van der Waals surface area contributed by atoms with Crippen LogP contribution in [0.25, 0.3) is 11.0 Å². The van der Waals surface area contributed by atoms with Crippen LogP contribution in [0.5, 0.6) is 0 Å². The van der Waals surface area contributed by atoms with Crippen molar-refractivity contribution in [2.45, 2.75) is 26.8 Å². The zero-order chi connectivity index (χ0) is 17.3. The first-order chi connectivity index (χ1) is 11.5. The minimum Gasteiger partial charge on any atom is -0.459 e. The number of nitrogens with one attached hydrogen (secondary N) is 1. The number of rotatable bonds is 4. The molecule has 0 spiro atoms. The minimum absolute atomic E-state index is 0.0520. The van der Waals surface area contributed by atoms with Crippen LogP contribution in [0, 0.1) is 12.7 Å². The maximum Gasteiger partial charge on any atom is 0.278 e. The number of hydrogen-bond donors (Lipinski definition) is 1. The molecule has 0 saturated carbocycles. The average molecular weight is 331 g/mol. The van der Waals surface area contributed by atoms with E-state index in [1.54, 1.807) is 13.0 Å². The van der Waals surface area contributed by atoms with Gasteiger partial charge in [-0.1, -0.05) is 6.92 Å². The fourth-order valence-corrected chi connectivity index (χ4v) is 2.24. The molecule has 8 nitrogen and oxygen atoms in total. The SMILES string of the molecule is CCc1cc2c(=O)n(CC(=O)Nc3ncc(F)cn3)nc(C)c2o1. The Kier molecular flexibility index (Phi) is 4.07. The molecule has 1 N–H and O–H groups in total. The summed E-state index contributed by atoms with van der Waals surface area (Å²) in [5.74, 6) is -0.537. The number of aromatic nitrogens is 4. The lowest BCUT2D eigenvalue weighted by molar-refractivity contribution is -0.117. The number of aryl methyl sites for hydroxylation is 2. The van der Waals surface area contributed by atoms with Gasteiger partial charge in [-0.15, -0.1) is 0 Å². The van der Waals surface area contributed by atoms with Crippen molar-refractivity contribution in [2.24, 2.45) is 0 Å². The lowest BCUT2D eigenvalue weighted by atomic mass is 10.3. The van der Waals surface area contributed by atoms with Gasteiger partial charge in [0.05, 0.1) is 17.8 Å². The maximum atomic E-state index is 12.7. The Morgan fingerprint density at radius 1 is 1.38 bits per heavy atom. The fraction of sp³-hybridized carbons (Fsp3) is 0.267. The van der Waals surface area contributed by atoms with Gasteiger partial charge in [-0.2, -0.15) is 5.10 Å². The predicted octanol–water partition coefficient (Wildman–Crippen LogP) is 1.43. The molecule has 0 fully saturated rings. The number of nitrogens with zero attached hydrogens (tertiary/aromatic N) is 4. The van der Waals surface area contributed by atoms with Crippen LogP contribution in [0.1, 0.15) is 18.4 Å².